The lowest BCUT2D eigenvalue weighted by atomic mass is 10.1. The first kappa shape index (κ1) is 16.9. The number of ether oxygens (including phenoxy) is 1. The molecule has 1 amide bonds. The van der Waals surface area contributed by atoms with Crippen molar-refractivity contribution in [2.24, 2.45) is 5.10 Å². The minimum Gasteiger partial charge on any atom is -0.451 e. The van der Waals surface area contributed by atoms with Crippen molar-refractivity contribution < 1.29 is 14.3 Å². The number of hydrogen-bond donors (Lipinski definition) is 0. The van der Waals surface area contributed by atoms with Gasteiger partial charge in [0.05, 0.1) is 17.8 Å². The number of amides is 1. The highest BCUT2D eigenvalue weighted by Crippen LogP contribution is 2.15. The Balaban J connectivity index is 1.38. The first-order valence-electron chi connectivity index (χ1n) is 8.67. The largest absolute Gasteiger partial charge is 0.451 e. The smallest absolute Gasteiger partial charge is 0.357 e. The van der Waals surface area contributed by atoms with Gasteiger partial charge in [-0.1, -0.05) is 54.6 Å². The first-order chi connectivity index (χ1) is 13.2. The Hall–Kier alpha value is -3.54. The van der Waals surface area contributed by atoms with E-state index in [1.807, 2.05) is 54.6 Å². The van der Waals surface area contributed by atoms with Crippen molar-refractivity contribution in [1.82, 2.24) is 9.99 Å². The topological polar surface area (TPSA) is 71.9 Å². The molecule has 2 heterocycles. The van der Waals surface area contributed by atoms with Crippen molar-refractivity contribution in [2.45, 2.75) is 6.42 Å². The Morgan fingerprint density at radius 1 is 0.963 bits per heavy atom. The number of hydrazone groups is 1. The van der Waals surface area contributed by atoms with Gasteiger partial charge >= 0.3 is 5.97 Å². The third kappa shape index (κ3) is 3.69. The summed E-state index contributed by atoms with van der Waals surface area (Å²) in [4.78, 5) is 28.8. The second-order valence-electron chi connectivity index (χ2n) is 6.14. The van der Waals surface area contributed by atoms with Crippen LogP contribution in [0.5, 0.6) is 0 Å². The van der Waals surface area contributed by atoms with Gasteiger partial charge in [0.2, 0.25) is 0 Å². The van der Waals surface area contributed by atoms with Gasteiger partial charge in [-0.15, -0.1) is 0 Å². The molecule has 0 bridgehead atoms. The minimum absolute atomic E-state index is 0.177. The molecule has 0 N–H and O–H groups in total. The summed E-state index contributed by atoms with van der Waals surface area (Å²) in [5, 5.41) is 6.63. The molecule has 0 aliphatic carbocycles. The second-order valence-corrected chi connectivity index (χ2v) is 6.14. The second kappa shape index (κ2) is 7.37. The van der Waals surface area contributed by atoms with Crippen LogP contribution >= 0.6 is 0 Å². The summed E-state index contributed by atoms with van der Waals surface area (Å²) in [6.45, 7) is 0.119. The number of pyridine rings is 1. The number of benzene rings is 2. The van der Waals surface area contributed by atoms with E-state index in [9.17, 15) is 9.59 Å². The summed E-state index contributed by atoms with van der Waals surface area (Å²) < 4.78 is 5.13. The Kier molecular flexibility index (Phi) is 4.61. The standard InChI is InChI=1S/C21H17N3O3/c25-20(24-13-12-18(23-24)15-6-2-1-3-7-15)14-27-21(26)19-11-10-16-8-4-5-9-17(16)22-19/h1-11H,12-14H2. The molecule has 6 heteroatoms. The van der Waals surface area contributed by atoms with Crippen LogP contribution in [0.3, 0.4) is 0 Å². The molecule has 27 heavy (non-hydrogen) atoms. The molecule has 134 valence electrons. The monoisotopic (exact) mass is 359 g/mol. The summed E-state index contributed by atoms with van der Waals surface area (Å²) in [5.74, 6) is -0.976. The molecular formula is C21H17N3O3. The van der Waals surface area contributed by atoms with Crippen LogP contribution < -0.4 is 0 Å². The van der Waals surface area contributed by atoms with Crippen molar-refractivity contribution >= 4 is 28.5 Å². The van der Waals surface area contributed by atoms with Crippen LogP contribution in [-0.4, -0.2) is 40.7 Å². The van der Waals surface area contributed by atoms with E-state index in [0.29, 0.717) is 18.5 Å². The van der Waals surface area contributed by atoms with Gasteiger partial charge in [0.1, 0.15) is 5.69 Å². The molecule has 3 aromatic rings. The zero-order valence-corrected chi connectivity index (χ0v) is 14.5. The predicted molar refractivity (Wildman–Crippen MR) is 101 cm³/mol. The molecule has 0 spiro atoms. The fourth-order valence-corrected chi connectivity index (χ4v) is 2.93. The quantitative estimate of drug-likeness (QED) is 0.671. The maximum absolute atomic E-state index is 12.3. The lowest BCUT2D eigenvalue weighted by Gasteiger charge is -2.11. The minimum atomic E-state index is -0.624. The van der Waals surface area contributed by atoms with Gasteiger partial charge in [-0.3, -0.25) is 4.79 Å². The molecular weight excluding hydrogens is 342 g/mol. The van der Waals surface area contributed by atoms with Crippen molar-refractivity contribution in [1.29, 1.82) is 0 Å². The first-order valence-corrected chi connectivity index (χ1v) is 8.67. The van der Waals surface area contributed by atoms with E-state index in [1.54, 1.807) is 12.1 Å². The number of carbonyl (C=O) groups is 2. The molecule has 4 rings (SSSR count). The summed E-state index contributed by atoms with van der Waals surface area (Å²) in [7, 11) is 0. The number of nitrogens with zero attached hydrogens (tertiary/aromatic N) is 3. The lowest BCUT2D eigenvalue weighted by molar-refractivity contribution is -0.134. The van der Waals surface area contributed by atoms with Gasteiger partial charge in [0.15, 0.2) is 6.61 Å². The lowest BCUT2D eigenvalue weighted by Crippen LogP contribution is -2.29. The highest BCUT2D eigenvalue weighted by atomic mass is 16.5. The maximum atomic E-state index is 12.3. The summed E-state index contributed by atoms with van der Waals surface area (Å²) in [5.41, 5.74) is 2.72. The number of rotatable bonds is 4. The fraction of sp³-hybridized carbons (Fsp3) is 0.143. The Morgan fingerprint density at radius 3 is 2.59 bits per heavy atom. The number of carbonyl (C=O) groups excluding carboxylic acids is 2. The van der Waals surface area contributed by atoms with Crippen LogP contribution in [0.1, 0.15) is 22.5 Å². The SMILES string of the molecule is O=C(OCC(=O)N1CCC(c2ccccc2)=N1)c1ccc2ccccc2n1. The van der Waals surface area contributed by atoms with Crippen LogP contribution in [0.25, 0.3) is 10.9 Å². The van der Waals surface area contributed by atoms with Gasteiger partial charge in [-0.25, -0.2) is 14.8 Å². The molecule has 2 aromatic carbocycles. The predicted octanol–water partition coefficient (Wildman–Crippen LogP) is 3.03. The van der Waals surface area contributed by atoms with Gasteiger partial charge < -0.3 is 4.74 Å². The number of esters is 1. The molecule has 0 fully saturated rings. The highest BCUT2D eigenvalue weighted by Gasteiger charge is 2.23. The van der Waals surface area contributed by atoms with Gasteiger partial charge in [-0.2, -0.15) is 5.10 Å². The number of aromatic nitrogens is 1. The van der Waals surface area contributed by atoms with Crippen molar-refractivity contribution in [3.63, 3.8) is 0 Å². The average molecular weight is 359 g/mol. The Bertz CT molecular complexity index is 1030. The number of hydrogen-bond acceptors (Lipinski definition) is 5. The van der Waals surface area contributed by atoms with Crippen LogP contribution in [0.15, 0.2) is 71.8 Å². The average Bonchev–Trinajstić information content (AvgIpc) is 3.22. The van der Waals surface area contributed by atoms with E-state index < -0.39 is 5.97 Å². The van der Waals surface area contributed by atoms with Crippen LogP contribution in [0.4, 0.5) is 0 Å². The fourth-order valence-electron chi connectivity index (χ4n) is 2.93. The molecule has 0 atom stereocenters. The third-order valence-corrected chi connectivity index (χ3v) is 4.33. The zero-order valence-electron chi connectivity index (χ0n) is 14.5. The van der Waals surface area contributed by atoms with E-state index in [2.05, 4.69) is 10.1 Å². The maximum Gasteiger partial charge on any atom is 0.357 e. The highest BCUT2D eigenvalue weighted by molar-refractivity contribution is 6.02. The molecule has 0 saturated heterocycles. The van der Waals surface area contributed by atoms with Crippen LogP contribution in [0, 0.1) is 0 Å². The molecule has 1 aliphatic heterocycles. The van der Waals surface area contributed by atoms with Crippen LogP contribution in [0.2, 0.25) is 0 Å². The molecule has 0 unspecified atom stereocenters. The number of para-hydroxylation sites is 1. The molecule has 0 saturated carbocycles. The van der Waals surface area contributed by atoms with Gasteiger partial charge in [0.25, 0.3) is 5.91 Å². The normalized spacial score (nSPS) is 13.5. The van der Waals surface area contributed by atoms with Crippen molar-refractivity contribution in [3.8, 4) is 0 Å². The van der Waals surface area contributed by atoms with E-state index in [1.165, 1.54) is 5.01 Å². The molecule has 0 radical (unpaired) electrons. The summed E-state index contributed by atoms with van der Waals surface area (Å²) in [6.07, 6.45) is 0.677. The van der Waals surface area contributed by atoms with Gasteiger partial charge in [-0.05, 0) is 17.7 Å². The Labute approximate surface area is 156 Å². The number of fused-ring (bicyclic) bond motifs is 1. The Morgan fingerprint density at radius 2 is 1.74 bits per heavy atom. The van der Waals surface area contributed by atoms with Crippen molar-refractivity contribution in [2.75, 3.05) is 13.2 Å². The van der Waals surface area contributed by atoms with Gasteiger partial charge in [0, 0.05) is 11.8 Å². The van der Waals surface area contributed by atoms with E-state index in [0.717, 1.165) is 16.7 Å². The zero-order chi connectivity index (χ0) is 18.6. The molecule has 1 aliphatic rings. The van der Waals surface area contributed by atoms with Crippen molar-refractivity contribution in [3.05, 3.63) is 78.0 Å². The molecule has 1 aromatic heterocycles. The third-order valence-electron chi connectivity index (χ3n) is 4.33. The summed E-state index contributed by atoms with van der Waals surface area (Å²) >= 11 is 0. The van der Waals surface area contributed by atoms with E-state index in [4.69, 9.17) is 4.74 Å². The van der Waals surface area contributed by atoms with E-state index >= 15 is 0 Å². The molecule has 6 nitrogen and oxygen atoms in total. The van der Waals surface area contributed by atoms with Crippen LogP contribution in [-0.2, 0) is 9.53 Å². The van der Waals surface area contributed by atoms with E-state index in [-0.39, 0.29) is 18.2 Å². The summed E-state index contributed by atoms with van der Waals surface area (Å²) in [6, 6.07) is 20.6.